The van der Waals surface area contributed by atoms with Crippen LogP contribution in [0.4, 0.5) is 5.82 Å². The number of pyridine rings is 1. The van der Waals surface area contributed by atoms with Gasteiger partial charge in [-0.2, -0.15) is 0 Å². The van der Waals surface area contributed by atoms with E-state index in [9.17, 15) is 4.79 Å². The summed E-state index contributed by atoms with van der Waals surface area (Å²) in [6.45, 7) is 1.27. The number of hydrogen-bond acceptors (Lipinski definition) is 5. The molecule has 1 fully saturated rings. The molecule has 0 unspecified atom stereocenters. The van der Waals surface area contributed by atoms with Gasteiger partial charge in [-0.25, -0.2) is 4.98 Å². The smallest absolute Gasteiger partial charge is 0.252 e. The third-order valence-electron chi connectivity index (χ3n) is 2.56. The first kappa shape index (κ1) is 11.7. The van der Waals surface area contributed by atoms with Crippen molar-refractivity contribution in [1.29, 1.82) is 0 Å². The van der Waals surface area contributed by atoms with Crippen molar-refractivity contribution in [2.75, 3.05) is 25.6 Å². The van der Waals surface area contributed by atoms with Crippen LogP contribution in [0.1, 0.15) is 16.8 Å². The minimum atomic E-state index is -0.532. The molecule has 3 N–H and O–H groups in total. The van der Waals surface area contributed by atoms with Crippen molar-refractivity contribution < 1.29 is 14.3 Å². The SMILES string of the molecule is CNc1ncc(O[C@H]2CCOC2)cc1C(N)=O. The first-order valence-corrected chi connectivity index (χ1v) is 5.42. The first-order chi connectivity index (χ1) is 8.20. The van der Waals surface area contributed by atoms with Gasteiger partial charge in [-0.3, -0.25) is 4.79 Å². The highest BCUT2D eigenvalue weighted by atomic mass is 16.5. The minimum absolute atomic E-state index is 0.0259. The summed E-state index contributed by atoms with van der Waals surface area (Å²) < 4.78 is 10.8. The van der Waals surface area contributed by atoms with E-state index in [0.29, 0.717) is 30.3 Å². The predicted molar refractivity (Wildman–Crippen MR) is 62.2 cm³/mol. The monoisotopic (exact) mass is 237 g/mol. The number of anilines is 1. The van der Waals surface area contributed by atoms with Crippen molar-refractivity contribution in [1.82, 2.24) is 4.98 Å². The maximum atomic E-state index is 11.2. The highest BCUT2D eigenvalue weighted by Gasteiger charge is 2.18. The van der Waals surface area contributed by atoms with Crippen molar-refractivity contribution in [2.45, 2.75) is 12.5 Å². The van der Waals surface area contributed by atoms with Crippen LogP contribution >= 0.6 is 0 Å². The first-order valence-electron chi connectivity index (χ1n) is 5.42. The molecule has 6 heteroatoms. The molecule has 0 bridgehead atoms. The fraction of sp³-hybridized carbons (Fsp3) is 0.455. The van der Waals surface area contributed by atoms with Crippen LogP contribution in [0.3, 0.4) is 0 Å². The van der Waals surface area contributed by atoms with Crippen LogP contribution in [-0.2, 0) is 4.74 Å². The van der Waals surface area contributed by atoms with Crippen molar-refractivity contribution in [3.63, 3.8) is 0 Å². The highest BCUT2D eigenvalue weighted by Crippen LogP contribution is 2.21. The molecule has 1 aliphatic heterocycles. The molecule has 2 rings (SSSR count). The molecule has 17 heavy (non-hydrogen) atoms. The molecule has 92 valence electrons. The van der Waals surface area contributed by atoms with Gasteiger partial charge in [0.25, 0.3) is 5.91 Å². The molecule has 1 aromatic rings. The Morgan fingerprint density at radius 2 is 2.53 bits per heavy atom. The standard InChI is InChI=1S/C11H15N3O3/c1-13-11-9(10(12)15)4-8(5-14-11)17-7-2-3-16-6-7/h4-5,7H,2-3,6H2,1H3,(H2,12,15)(H,13,14)/t7-/m0/s1. The fourth-order valence-corrected chi connectivity index (χ4v) is 1.70. The zero-order chi connectivity index (χ0) is 12.3. The molecular formula is C11H15N3O3. The molecule has 0 aliphatic carbocycles. The minimum Gasteiger partial charge on any atom is -0.486 e. The Bertz CT molecular complexity index is 416. The van der Waals surface area contributed by atoms with E-state index >= 15 is 0 Å². The fourth-order valence-electron chi connectivity index (χ4n) is 1.70. The predicted octanol–water partition coefficient (Wildman–Crippen LogP) is 0.390. The van der Waals surface area contributed by atoms with Crippen molar-refractivity contribution >= 4 is 11.7 Å². The lowest BCUT2D eigenvalue weighted by molar-refractivity contribution is 0.0999. The molecule has 1 aromatic heterocycles. The molecule has 0 spiro atoms. The van der Waals surface area contributed by atoms with Gasteiger partial charge >= 0.3 is 0 Å². The number of nitrogens with two attached hydrogens (primary N) is 1. The molecule has 6 nitrogen and oxygen atoms in total. The summed E-state index contributed by atoms with van der Waals surface area (Å²) in [5.41, 5.74) is 5.59. The van der Waals surface area contributed by atoms with E-state index in [0.717, 1.165) is 6.42 Å². The van der Waals surface area contributed by atoms with E-state index in [-0.39, 0.29) is 6.10 Å². The van der Waals surface area contributed by atoms with Crippen molar-refractivity contribution in [3.8, 4) is 5.75 Å². The second-order valence-electron chi connectivity index (χ2n) is 3.78. The van der Waals surface area contributed by atoms with E-state index in [2.05, 4.69) is 10.3 Å². The Balaban J connectivity index is 2.17. The molecule has 1 amide bonds. The molecule has 1 aliphatic rings. The molecule has 0 saturated carbocycles. The molecule has 1 atom stereocenters. The number of primary amides is 1. The third kappa shape index (κ3) is 2.65. The number of ether oxygens (including phenoxy) is 2. The Kier molecular flexibility index (Phi) is 3.43. The largest absolute Gasteiger partial charge is 0.486 e. The molecule has 0 radical (unpaired) electrons. The Labute approximate surface area is 99.1 Å². The van der Waals surface area contributed by atoms with Gasteiger partial charge in [0, 0.05) is 13.5 Å². The van der Waals surface area contributed by atoms with Gasteiger partial charge in [0.15, 0.2) is 0 Å². The topological polar surface area (TPSA) is 86.5 Å². The number of carbonyl (C=O) groups is 1. The quantitative estimate of drug-likeness (QED) is 0.791. The van der Waals surface area contributed by atoms with Crippen LogP contribution in [0.2, 0.25) is 0 Å². The maximum absolute atomic E-state index is 11.2. The maximum Gasteiger partial charge on any atom is 0.252 e. The number of aromatic nitrogens is 1. The number of nitrogens with one attached hydrogen (secondary N) is 1. The van der Waals surface area contributed by atoms with Crippen LogP contribution in [0.15, 0.2) is 12.3 Å². The lowest BCUT2D eigenvalue weighted by Gasteiger charge is -2.13. The Morgan fingerprint density at radius 1 is 1.71 bits per heavy atom. The number of amides is 1. The van der Waals surface area contributed by atoms with Crippen LogP contribution in [0, 0.1) is 0 Å². The summed E-state index contributed by atoms with van der Waals surface area (Å²) in [6, 6.07) is 1.60. The average molecular weight is 237 g/mol. The van der Waals surface area contributed by atoms with Gasteiger partial charge in [0.2, 0.25) is 0 Å². The van der Waals surface area contributed by atoms with Gasteiger partial charge in [0.05, 0.1) is 25.0 Å². The van der Waals surface area contributed by atoms with Crippen LogP contribution in [-0.4, -0.2) is 37.3 Å². The molecule has 1 saturated heterocycles. The third-order valence-corrected chi connectivity index (χ3v) is 2.56. The summed E-state index contributed by atoms with van der Waals surface area (Å²) in [7, 11) is 1.68. The highest BCUT2D eigenvalue weighted by molar-refractivity contribution is 5.97. The average Bonchev–Trinajstić information content (AvgIpc) is 2.81. The number of carbonyl (C=O) groups excluding carboxylic acids is 1. The van der Waals surface area contributed by atoms with E-state index in [1.54, 1.807) is 19.3 Å². The number of hydrogen-bond donors (Lipinski definition) is 2. The van der Waals surface area contributed by atoms with E-state index < -0.39 is 5.91 Å². The zero-order valence-corrected chi connectivity index (χ0v) is 9.60. The summed E-state index contributed by atoms with van der Waals surface area (Å²) in [5.74, 6) is 0.454. The second-order valence-corrected chi connectivity index (χ2v) is 3.78. The van der Waals surface area contributed by atoms with E-state index in [4.69, 9.17) is 15.2 Å². The number of nitrogens with zero attached hydrogens (tertiary/aromatic N) is 1. The summed E-state index contributed by atoms with van der Waals surface area (Å²) in [5, 5.41) is 2.81. The lowest BCUT2D eigenvalue weighted by Crippen LogP contribution is -2.18. The summed E-state index contributed by atoms with van der Waals surface area (Å²) in [4.78, 5) is 15.3. The van der Waals surface area contributed by atoms with Gasteiger partial charge < -0.3 is 20.5 Å². The van der Waals surface area contributed by atoms with Crippen molar-refractivity contribution in [2.24, 2.45) is 5.73 Å². The van der Waals surface area contributed by atoms with Gasteiger partial charge in [-0.05, 0) is 6.07 Å². The van der Waals surface area contributed by atoms with Crippen LogP contribution in [0.25, 0.3) is 0 Å². The Hall–Kier alpha value is -1.82. The summed E-state index contributed by atoms with van der Waals surface area (Å²) >= 11 is 0. The lowest BCUT2D eigenvalue weighted by atomic mass is 10.2. The summed E-state index contributed by atoms with van der Waals surface area (Å²) in [6.07, 6.45) is 2.44. The molecule has 2 heterocycles. The second kappa shape index (κ2) is 5.01. The Morgan fingerprint density at radius 3 is 3.12 bits per heavy atom. The van der Waals surface area contributed by atoms with Crippen LogP contribution < -0.4 is 15.8 Å². The van der Waals surface area contributed by atoms with Gasteiger partial charge in [-0.15, -0.1) is 0 Å². The van der Waals surface area contributed by atoms with Crippen molar-refractivity contribution in [3.05, 3.63) is 17.8 Å². The normalized spacial score (nSPS) is 19.0. The molecule has 0 aromatic carbocycles. The van der Waals surface area contributed by atoms with Crippen LogP contribution in [0.5, 0.6) is 5.75 Å². The van der Waals surface area contributed by atoms with E-state index in [1.807, 2.05) is 0 Å². The van der Waals surface area contributed by atoms with Gasteiger partial charge in [-0.1, -0.05) is 0 Å². The molecular weight excluding hydrogens is 222 g/mol. The van der Waals surface area contributed by atoms with E-state index in [1.165, 1.54) is 0 Å². The number of rotatable bonds is 4. The zero-order valence-electron chi connectivity index (χ0n) is 9.60. The van der Waals surface area contributed by atoms with Gasteiger partial charge in [0.1, 0.15) is 17.7 Å².